The molecule has 0 saturated carbocycles. The summed E-state index contributed by atoms with van der Waals surface area (Å²) in [7, 11) is -1.22. The number of amides is 1. The van der Waals surface area contributed by atoms with Crippen LogP contribution < -0.4 is 5.73 Å². The number of hydrogen-bond acceptors (Lipinski definition) is 2. The highest BCUT2D eigenvalue weighted by Gasteiger charge is 2.12. The van der Waals surface area contributed by atoms with Crippen LogP contribution in [-0.4, -0.2) is 15.9 Å². The molecule has 2 N–H and O–H groups in total. The average Bonchev–Trinajstić information content (AvgIpc) is 2.67. The summed E-state index contributed by atoms with van der Waals surface area (Å²) >= 11 is 0. The summed E-state index contributed by atoms with van der Waals surface area (Å²) in [6.45, 7) is 0. The summed E-state index contributed by atoms with van der Waals surface area (Å²) in [6, 6.07) is 8.06. The van der Waals surface area contributed by atoms with Gasteiger partial charge in [0.05, 0.1) is 0 Å². The monoisotopic (exact) mass is 291 g/mol. The molecule has 20 heavy (non-hydrogen) atoms. The van der Waals surface area contributed by atoms with Gasteiger partial charge in [-0.15, -0.1) is 0 Å². The molecule has 0 heterocycles. The molecule has 1 amide bonds. The molecule has 4 heteroatoms. The van der Waals surface area contributed by atoms with Crippen molar-refractivity contribution >= 4 is 22.3 Å². The highest BCUT2D eigenvalue weighted by atomic mass is 32.2. The molecule has 108 valence electrons. The van der Waals surface area contributed by atoms with Crippen LogP contribution in [0.4, 0.5) is 0 Å². The van der Waals surface area contributed by atoms with Crippen molar-refractivity contribution in [1.29, 1.82) is 0 Å². The van der Waals surface area contributed by atoms with Crippen LogP contribution in [-0.2, 0) is 21.3 Å². The second-order valence-corrected chi connectivity index (χ2v) is 6.64. The van der Waals surface area contributed by atoms with E-state index in [-0.39, 0.29) is 5.75 Å². The molecule has 1 aliphatic rings. The van der Waals surface area contributed by atoms with Gasteiger partial charge in [0.2, 0.25) is 5.91 Å². The number of carbonyl (C=O) groups excluding carboxylic acids is 1. The van der Waals surface area contributed by atoms with Crippen molar-refractivity contribution in [2.45, 2.75) is 37.9 Å². The Hall–Kier alpha value is -1.42. The maximum atomic E-state index is 11.9. The van der Waals surface area contributed by atoms with Gasteiger partial charge in [-0.3, -0.25) is 9.00 Å². The maximum Gasteiger partial charge on any atom is 0.230 e. The summed E-state index contributed by atoms with van der Waals surface area (Å²) in [5.41, 5.74) is 8.70. The summed E-state index contributed by atoms with van der Waals surface area (Å²) < 4.78 is 11.9. The summed E-state index contributed by atoms with van der Waals surface area (Å²) in [5.74, 6) is -0.168. The molecule has 0 fully saturated rings. The second kappa shape index (κ2) is 7.39. The third kappa shape index (κ3) is 4.30. The summed E-state index contributed by atoms with van der Waals surface area (Å²) in [6.07, 6.45) is 8.25. The first-order valence-corrected chi connectivity index (χ1v) is 8.56. The fraction of sp³-hybridized carbons (Fsp3) is 0.438. The molecule has 0 aliphatic heterocycles. The van der Waals surface area contributed by atoms with Crippen LogP contribution in [0.25, 0.3) is 5.57 Å². The summed E-state index contributed by atoms with van der Waals surface area (Å²) in [4.78, 5) is 10.8. The molecular formula is C16H21NO2S. The normalized spacial score (nSPS) is 17.1. The van der Waals surface area contributed by atoms with Crippen molar-refractivity contribution in [3.63, 3.8) is 0 Å². The molecule has 0 spiro atoms. The van der Waals surface area contributed by atoms with E-state index in [2.05, 4.69) is 12.1 Å². The Morgan fingerprint density at radius 1 is 1.20 bits per heavy atom. The van der Waals surface area contributed by atoms with Crippen LogP contribution in [0.5, 0.6) is 0 Å². The average molecular weight is 291 g/mol. The lowest BCUT2D eigenvalue weighted by atomic mass is 9.97. The zero-order chi connectivity index (χ0) is 14.4. The molecule has 0 aromatic heterocycles. The number of benzene rings is 1. The first-order chi connectivity index (χ1) is 9.66. The molecule has 1 atom stereocenters. The molecule has 2 rings (SSSR count). The predicted molar refractivity (Wildman–Crippen MR) is 83.4 cm³/mol. The van der Waals surface area contributed by atoms with Gasteiger partial charge in [0, 0.05) is 16.6 Å². The molecule has 1 aliphatic carbocycles. The molecule has 1 aromatic carbocycles. The van der Waals surface area contributed by atoms with Gasteiger partial charge < -0.3 is 5.73 Å². The highest BCUT2D eigenvalue weighted by molar-refractivity contribution is 7.84. The smallest absolute Gasteiger partial charge is 0.230 e. The Morgan fingerprint density at radius 2 is 2.00 bits per heavy atom. The van der Waals surface area contributed by atoms with Gasteiger partial charge in [0.15, 0.2) is 0 Å². The number of nitrogens with two attached hydrogens (primary N) is 1. The molecule has 0 radical (unpaired) electrons. The Morgan fingerprint density at radius 3 is 2.80 bits per heavy atom. The van der Waals surface area contributed by atoms with Crippen molar-refractivity contribution in [3.8, 4) is 0 Å². The zero-order valence-electron chi connectivity index (χ0n) is 11.6. The molecule has 0 bridgehead atoms. The Labute approximate surface area is 122 Å². The van der Waals surface area contributed by atoms with E-state index in [0.29, 0.717) is 5.75 Å². The number of rotatable bonds is 5. The van der Waals surface area contributed by atoms with E-state index in [1.165, 1.54) is 30.4 Å². The largest absolute Gasteiger partial charge is 0.369 e. The fourth-order valence-electron chi connectivity index (χ4n) is 2.60. The van der Waals surface area contributed by atoms with E-state index >= 15 is 0 Å². The Kier molecular flexibility index (Phi) is 5.53. The minimum absolute atomic E-state index is 0.0621. The Balaban J connectivity index is 2.19. The number of carbonyl (C=O) groups is 1. The van der Waals surface area contributed by atoms with Gasteiger partial charge in [0.1, 0.15) is 5.75 Å². The summed E-state index contributed by atoms with van der Waals surface area (Å²) in [5, 5.41) is 0. The van der Waals surface area contributed by atoms with Gasteiger partial charge in [-0.1, -0.05) is 36.8 Å². The SMILES string of the molecule is NC(=O)C[S@](=O)Cc1ccccc1C1=CCCCCC1. The number of hydrogen-bond donors (Lipinski definition) is 1. The van der Waals surface area contributed by atoms with Crippen LogP contribution in [0, 0.1) is 0 Å². The second-order valence-electron chi connectivity index (χ2n) is 5.18. The van der Waals surface area contributed by atoms with Crippen molar-refractivity contribution in [3.05, 3.63) is 41.5 Å². The van der Waals surface area contributed by atoms with Crippen molar-refractivity contribution < 1.29 is 9.00 Å². The van der Waals surface area contributed by atoms with E-state index < -0.39 is 16.7 Å². The first kappa shape index (κ1) is 15.0. The zero-order valence-corrected chi connectivity index (χ0v) is 12.5. The van der Waals surface area contributed by atoms with E-state index in [0.717, 1.165) is 18.4 Å². The minimum atomic E-state index is -1.22. The third-order valence-electron chi connectivity index (χ3n) is 3.52. The molecule has 0 unspecified atom stereocenters. The van der Waals surface area contributed by atoms with Crippen molar-refractivity contribution in [1.82, 2.24) is 0 Å². The molecule has 0 saturated heterocycles. The van der Waals surface area contributed by atoms with Gasteiger partial charge in [-0.25, -0.2) is 0 Å². The lowest BCUT2D eigenvalue weighted by Gasteiger charge is -2.12. The third-order valence-corrected chi connectivity index (χ3v) is 4.76. The van der Waals surface area contributed by atoms with E-state index in [1.54, 1.807) is 0 Å². The highest BCUT2D eigenvalue weighted by Crippen LogP contribution is 2.28. The number of primary amides is 1. The van der Waals surface area contributed by atoms with E-state index in [4.69, 9.17) is 5.73 Å². The molecular weight excluding hydrogens is 270 g/mol. The van der Waals surface area contributed by atoms with E-state index in [9.17, 15) is 9.00 Å². The van der Waals surface area contributed by atoms with Gasteiger partial charge in [0.25, 0.3) is 0 Å². The molecule has 1 aromatic rings. The quantitative estimate of drug-likeness (QED) is 0.906. The van der Waals surface area contributed by atoms with Crippen molar-refractivity contribution in [2.75, 3.05) is 5.75 Å². The molecule has 3 nitrogen and oxygen atoms in total. The first-order valence-electron chi connectivity index (χ1n) is 7.07. The van der Waals surface area contributed by atoms with Crippen LogP contribution >= 0.6 is 0 Å². The lowest BCUT2D eigenvalue weighted by Crippen LogP contribution is -2.20. The lowest BCUT2D eigenvalue weighted by molar-refractivity contribution is -0.115. The van der Waals surface area contributed by atoms with Crippen LogP contribution in [0.15, 0.2) is 30.3 Å². The van der Waals surface area contributed by atoms with Gasteiger partial charge >= 0.3 is 0 Å². The van der Waals surface area contributed by atoms with E-state index in [1.807, 2.05) is 18.2 Å². The maximum absolute atomic E-state index is 11.9. The van der Waals surface area contributed by atoms with Crippen molar-refractivity contribution in [2.24, 2.45) is 5.73 Å². The van der Waals surface area contributed by atoms with Crippen LogP contribution in [0.2, 0.25) is 0 Å². The fourth-order valence-corrected chi connectivity index (χ4v) is 3.62. The minimum Gasteiger partial charge on any atom is -0.369 e. The van der Waals surface area contributed by atoms with Gasteiger partial charge in [-0.05, 0) is 42.4 Å². The Bertz CT molecular complexity index is 537. The predicted octanol–water partition coefficient (Wildman–Crippen LogP) is 2.77. The van der Waals surface area contributed by atoms with Gasteiger partial charge in [-0.2, -0.15) is 0 Å². The van der Waals surface area contributed by atoms with Crippen LogP contribution in [0.1, 0.15) is 43.2 Å². The topological polar surface area (TPSA) is 60.2 Å². The van der Waals surface area contributed by atoms with Crippen LogP contribution in [0.3, 0.4) is 0 Å². The standard InChI is InChI=1S/C16H21NO2S/c17-16(18)12-20(19)11-14-9-5-6-10-15(14)13-7-3-1-2-4-8-13/h5-7,9-10H,1-4,8,11-12H2,(H2,17,18)/t20-/m1/s1. The number of allylic oxidation sites excluding steroid dienone is 2.